The van der Waals surface area contributed by atoms with E-state index >= 15 is 0 Å². The van der Waals surface area contributed by atoms with Crippen molar-refractivity contribution >= 4 is 23.2 Å². The Hall–Kier alpha value is -3.67. The first-order valence-corrected chi connectivity index (χ1v) is 8.58. The summed E-state index contributed by atoms with van der Waals surface area (Å²) < 4.78 is 5.61. The second kappa shape index (κ2) is 7.29. The number of hydrazone groups is 1. The largest absolute Gasteiger partial charge is 0.467 e. The highest BCUT2D eigenvalue weighted by Gasteiger charge is 2.30. The van der Waals surface area contributed by atoms with Crippen LogP contribution in [0.2, 0.25) is 0 Å². The van der Waals surface area contributed by atoms with Gasteiger partial charge in [-0.15, -0.1) is 0 Å². The Morgan fingerprint density at radius 2 is 1.81 bits per heavy atom. The Morgan fingerprint density at radius 3 is 2.48 bits per heavy atom. The van der Waals surface area contributed by atoms with Crippen LogP contribution in [0.15, 0.2) is 88.6 Å². The van der Waals surface area contributed by atoms with Gasteiger partial charge in [-0.05, 0) is 48.0 Å². The van der Waals surface area contributed by atoms with E-state index in [9.17, 15) is 10.1 Å². The Morgan fingerprint density at radius 1 is 1.04 bits per heavy atom. The molecule has 6 heteroatoms. The zero-order valence-corrected chi connectivity index (χ0v) is 14.4. The smallest absolute Gasteiger partial charge is 0.269 e. The van der Waals surface area contributed by atoms with Crippen molar-refractivity contribution in [1.82, 2.24) is 0 Å². The van der Waals surface area contributed by atoms with E-state index in [2.05, 4.69) is 0 Å². The van der Waals surface area contributed by atoms with Crippen LogP contribution in [0.4, 0.5) is 11.4 Å². The third-order valence-electron chi connectivity index (χ3n) is 4.40. The summed E-state index contributed by atoms with van der Waals surface area (Å²) in [5, 5.41) is 17.5. The first-order valence-electron chi connectivity index (χ1n) is 8.58. The minimum absolute atomic E-state index is 0.00101. The van der Waals surface area contributed by atoms with Crippen molar-refractivity contribution in [3.05, 3.63) is 101 Å². The van der Waals surface area contributed by atoms with E-state index in [-0.39, 0.29) is 11.7 Å². The molecule has 134 valence electrons. The molecule has 1 aromatic heterocycles. The van der Waals surface area contributed by atoms with Crippen molar-refractivity contribution in [2.45, 2.75) is 12.5 Å². The van der Waals surface area contributed by atoms with Crippen LogP contribution in [0, 0.1) is 10.1 Å². The maximum Gasteiger partial charge on any atom is 0.269 e. The van der Waals surface area contributed by atoms with E-state index in [1.165, 1.54) is 12.1 Å². The van der Waals surface area contributed by atoms with Gasteiger partial charge in [0.25, 0.3) is 5.69 Å². The second-order valence-corrected chi connectivity index (χ2v) is 6.19. The molecule has 0 radical (unpaired) electrons. The number of benzene rings is 2. The maximum absolute atomic E-state index is 10.8. The van der Waals surface area contributed by atoms with E-state index in [0.29, 0.717) is 6.42 Å². The molecule has 2 aromatic carbocycles. The molecular weight excluding hydrogens is 342 g/mol. The zero-order chi connectivity index (χ0) is 18.6. The average Bonchev–Trinajstić information content (AvgIpc) is 3.37. The lowest BCUT2D eigenvalue weighted by Crippen LogP contribution is -2.17. The SMILES string of the molecule is O=[N+]([O-])c1ccc(/C=C/C2=NN(c3ccccc3)C(c3ccco3)C2)cc1. The highest BCUT2D eigenvalue weighted by molar-refractivity contribution is 6.01. The average molecular weight is 359 g/mol. The number of para-hydroxylation sites is 1. The first-order chi connectivity index (χ1) is 13.2. The van der Waals surface area contributed by atoms with Crippen molar-refractivity contribution in [2.75, 3.05) is 5.01 Å². The Bertz CT molecular complexity index is 977. The number of nitro groups is 1. The van der Waals surface area contributed by atoms with Gasteiger partial charge in [0.15, 0.2) is 0 Å². The molecule has 6 nitrogen and oxygen atoms in total. The van der Waals surface area contributed by atoms with E-state index in [0.717, 1.165) is 22.7 Å². The van der Waals surface area contributed by atoms with Gasteiger partial charge in [0.05, 0.1) is 22.6 Å². The lowest BCUT2D eigenvalue weighted by atomic mass is 10.1. The van der Waals surface area contributed by atoms with Crippen LogP contribution in [0.3, 0.4) is 0 Å². The molecule has 2 heterocycles. The number of nitro benzene ring substituents is 1. The molecule has 1 aliphatic rings. The highest BCUT2D eigenvalue weighted by Crippen LogP contribution is 2.35. The fourth-order valence-electron chi connectivity index (χ4n) is 3.05. The third-order valence-corrected chi connectivity index (χ3v) is 4.40. The summed E-state index contributed by atoms with van der Waals surface area (Å²) in [6.07, 6.45) is 6.24. The van der Waals surface area contributed by atoms with Crippen LogP contribution >= 0.6 is 0 Å². The van der Waals surface area contributed by atoms with Gasteiger partial charge in [-0.3, -0.25) is 15.1 Å². The number of rotatable bonds is 5. The van der Waals surface area contributed by atoms with Crippen molar-refractivity contribution in [3.8, 4) is 0 Å². The summed E-state index contributed by atoms with van der Waals surface area (Å²) in [5.41, 5.74) is 2.88. The van der Waals surface area contributed by atoms with Gasteiger partial charge in [-0.2, -0.15) is 5.10 Å². The summed E-state index contributed by atoms with van der Waals surface area (Å²) >= 11 is 0. The van der Waals surface area contributed by atoms with Gasteiger partial charge in [-0.1, -0.05) is 24.3 Å². The molecule has 0 amide bonds. The molecule has 1 atom stereocenters. The van der Waals surface area contributed by atoms with Crippen LogP contribution in [0.25, 0.3) is 6.08 Å². The molecule has 4 rings (SSSR count). The van der Waals surface area contributed by atoms with Gasteiger partial charge < -0.3 is 4.42 Å². The molecule has 0 N–H and O–H groups in total. The number of nitrogens with zero attached hydrogens (tertiary/aromatic N) is 3. The number of hydrogen-bond acceptors (Lipinski definition) is 5. The zero-order valence-electron chi connectivity index (χ0n) is 14.4. The van der Waals surface area contributed by atoms with Crippen molar-refractivity contribution in [1.29, 1.82) is 0 Å². The quantitative estimate of drug-likeness (QED) is 0.463. The topological polar surface area (TPSA) is 71.9 Å². The lowest BCUT2D eigenvalue weighted by Gasteiger charge is -2.21. The Balaban J connectivity index is 1.58. The molecule has 0 saturated heterocycles. The van der Waals surface area contributed by atoms with Gasteiger partial charge in [0, 0.05) is 18.6 Å². The molecule has 0 bridgehead atoms. The summed E-state index contributed by atoms with van der Waals surface area (Å²) in [6, 6.07) is 20.2. The number of non-ortho nitro benzene ring substituents is 1. The number of anilines is 1. The van der Waals surface area contributed by atoms with E-state index in [4.69, 9.17) is 9.52 Å². The van der Waals surface area contributed by atoms with Gasteiger partial charge in [-0.25, -0.2) is 0 Å². The van der Waals surface area contributed by atoms with Crippen LogP contribution < -0.4 is 5.01 Å². The molecule has 0 spiro atoms. The van der Waals surface area contributed by atoms with E-state index < -0.39 is 4.92 Å². The number of furan rings is 1. The minimum Gasteiger partial charge on any atom is -0.467 e. The molecule has 27 heavy (non-hydrogen) atoms. The standard InChI is InChI=1S/C21H17N3O3/c25-24(26)19-12-9-16(10-13-19)8-11-17-15-20(21-7-4-14-27-21)23(22-17)18-5-2-1-3-6-18/h1-14,20H,15H2/b11-8+. The second-order valence-electron chi connectivity index (χ2n) is 6.19. The van der Waals surface area contributed by atoms with Gasteiger partial charge in [0.1, 0.15) is 11.8 Å². The van der Waals surface area contributed by atoms with Crippen molar-refractivity contribution in [3.63, 3.8) is 0 Å². The van der Waals surface area contributed by atoms with Crippen molar-refractivity contribution in [2.24, 2.45) is 5.10 Å². The summed E-state index contributed by atoms with van der Waals surface area (Å²) in [5.74, 6) is 0.862. The third kappa shape index (κ3) is 3.64. The van der Waals surface area contributed by atoms with Gasteiger partial charge >= 0.3 is 0 Å². The summed E-state index contributed by atoms with van der Waals surface area (Å²) in [7, 11) is 0. The molecule has 3 aromatic rings. The van der Waals surface area contributed by atoms with Crippen LogP contribution in [-0.2, 0) is 0 Å². The van der Waals surface area contributed by atoms with E-state index in [1.807, 2.05) is 59.6 Å². The fraction of sp³-hybridized carbons (Fsp3) is 0.0952. The predicted molar refractivity (Wildman–Crippen MR) is 105 cm³/mol. The minimum atomic E-state index is -0.403. The lowest BCUT2D eigenvalue weighted by molar-refractivity contribution is -0.384. The Kier molecular flexibility index (Phi) is 4.53. The van der Waals surface area contributed by atoms with Crippen LogP contribution in [0.5, 0.6) is 0 Å². The first kappa shape index (κ1) is 16.8. The molecule has 1 unspecified atom stereocenters. The fourth-order valence-corrected chi connectivity index (χ4v) is 3.05. The summed E-state index contributed by atoms with van der Waals surface area (Å²) in [4.78, 5) is 10.4. The summed E-state index contributed by atoms with van der Waals surface area (Å²) in [6.45, 7) is 0. The normalized spacial score (nSPS) is 16.7. The Labute approximate surface area is 156 Å². The van der Waals surface area contributed by atoms with Crippen LogP contribution in [0.1, 0.15) is 23.8 Å². The highest BCUT2D eigenvalue weighted by atomic mass is 16.6. The number of allylic oxidation sites excluding steroid dienone is 1. The van der Waals surface area contributed by atoms with E-state index in [1.54, 1.807) is 18.4 Å². The molecular formula is C21H17N3O3. The molecule has 0 saturated carbocycles. The number of hydrogen-bond donors (Lipinski definition) is 0. The maximum atomic E-state index is 10.8. The van der Waals surface area contributed by atoms with Crippen molar-refractivity contribution < 1.29 is 9.34 Å². The van der Waals surface area contributed by atoms with Gasteiger partial charge in [0.2, 0.25) is 0 Å². The van der Waals surface area contributed by atoms with Crippen LogP contribution in [-0.4, -0.2) is 10.6 Å². The molecule has 1 aliphatic heterocycles. The molecule has 0 fully saturated rings. The monoisotopic (exact) mass is 359 g/mol. The molecule has 0 aliphatic carbocycles. The predicted octanol–water partition coefficient (Wildman–Crippen LogP) is 5.21.